The van der Waals surface area contributed by atoms with E-state index < -0.39 is 18.0 Å². The molecule has 0 amide bonds. The number of ether oxygens (including phenoxy) is 4. The standard InChI is InChI=1S/C24H21Br3O8/c25-8-5-21(29)32-15-3-1-14(2-4-15)18-13-17(28)24-19(34-18)11-16(33-22(30)6-9-26)12-20(24)35-23(31)7-10-27/h1-4,11-12,18H,5-10,13H2. The fraction of sp³-hybridized carbons (Fsp3) is 0.333. The van der Waals surface area contributed by atoms with Crippen molar-refractivity contribution in [3.05, 3.63) is 47.5 Å². The predicted molar refractivity (Wildman–Crippen MR) is 137 cm³/mol. The fourth-order valence-electron chi connectivity index (χ4n) is 3.24. The van der Waals surface area contributed by atoms with E-state index >= 15 is 0 Å². The molecule has 0 radical (unpaired) electrons. The molecule has 1 aliphatic heterocycles. The summed E-state index contributed by atoms with van der Waals surface area (Å²) in [6.45, 7) is 0. The Bertz CT molecular complexity index is 1100. The van der Waals surface area contributed by atoms with Gasteiger partial charge in [-0.05, 0) is 17.7 Å². The van der Waals surface area contributed by atoms with E-state index in [1.807, 2.05) is 0 Å². The Balaban J connectivity index is 1.88. The van der Waals surface area contributed by atoms with Crippen LogP contribution in [0.25, 0.3) is 0 Å². The minimum atomic E-state index is -0.637. The van der Waals surface area contributed by atoms with Crippen molar-refractivity contribution in [1.82, 2.24) is 0 Å². The van der Waals surface area contributed by atoms with Crippen LogP contribution >= 0.6 is 47.8 Å². The molecule has 0 spiro atoms. The molecule has 0 fully saturated rings. The quantitative estimate of drug-likeness (QED) is 0.186. The maximum atomic E-state index is 13.1. The van der Waals surface area contributed by atoms with Crippen molar-refractivity contribution in [1.29, 1.82) is 0 Å². The zero-order valence-corrected chi connectivity index (χ0v) is 23.1. The van der Waals surface area contributed by atoms with Crippen molar-refractivity contribution in [2.24, 2.45) is 0 Å². The monoisotopic (exact) mass is 674 g/mol. The van der Waals surface area contributed by atoms with Crippen LogP contribution in [-0.2, 0) is 14.4 Å². The number of fused-ring (bicyclic) bond motifs is 1. The summed E-state index contributed by atoms with van der Waals surface area (Å²) < 4.78 is 22.1. The van der Waals surface area contributed by atoms with Crippen molar-refractivity contribution < 1.29 is 38.1 Å². The molecule has 1 aliphatic rings. The molecule has 186 valence electrons. The SMILES string of the molecule is O=C(CCBr)Oc1ccc(C2CC(=O)c3c(OC(=O)CCBr)cc(OC(=O)CCBr)cc3O2)cc1. The van der Waals surface area contributed by atoms with Gasteiger partial charge in [0.2, 0.25) is 0 Å². The zero-order chi connectivity index (χ0) is 25.4. The number of hydrogen-bond donors (Lipinski definition) is 0. The summed E-state index contributed by atoms with van der Waals surface area (Å²) in [4.78, 5) is 48.9. The Labute approximate surface area is 227 Å². The number of esters is 3. The van der Waals surface area contributed by atoms with Crippen LogP contribution < -0.4 is 18.9 Å². The van der Waals surface area contributed by atoms with Gasteiger partial charge in [-0.1, -0.05) is 59.9 Å². The highest BCUT2D eigenvalue weighted by atomic mass is 79.9. The highest BCUT2D eigenvalue weighted by Crippen LogP contribution is 2.43. The third-order valence-corrected chi connectivity index (χ3v) is 5.98. The number of halogens is 3. The summed E-state index contributed by atoms with van der Waals surface area (Å²) in [6.07, 6.45) is -0.176. The van der Waals surface area contributed by atoms with Crippen molar-refractivity contribution in [2.45, 2.75) is 31.8 Å². The van der Waals surface area contributed by atoms with Crippen LogP contribution in [0, 0.1) is 0 Å². The topological polar surface area (TPSA) is 105 Å². The molecule has 0 aliphatic carbocycles. The lowest BCUT2D eigenvalue weighted by atomic mass is 9.95. The molecule has 0 N–H and O–H groups in total. The molecular weight excluding hydrogens is 656 g/mol. The first-order valence-electron chi connectivity index (χ1n) is 10.6. The lowest BCUT2D eigenvalue weighted by Crippen LogP contribution is -2.22. The molecule has 0 saturated heterocycles. The van der Waals surface area contributed by atoms with Gasteiger partial charge in [0.1, 0.15) is 34.7 Å². The second-order valence-electron chi connectivity index (χ2n) is 7.34. The van der Waals surface area contributed by atoms with Crippen LogP contribution in [0.4, 0.5) is 0 Å². The molecule has 3 rings (SSSR count). The van der Waals surface area contributed by atoms with Crippen molar-refractivity contribution in [3.8, 4) is 23.0 Å². The fourth-order valence-corrected chi connectivity index (χ4v) is 4.22. The van der Waals surface area contributed by atoms with Gasteiger partial charge in [0, 0.05) is 28.1 Å². The Hall–Kier alpha value is -2.24. The Kier molecular flexibility index (Phi) is 10.3. The third kappa shape index (κ3) is 7.62. The van der Waals surface area contributed by atoms with Crippen LogP contribution in [0.15, 0.2) is 36.4 Å². The summed E-state index contributed by atoms with van der Waals surface area (Å²) in [7, 11) is 0. The molecule has 0 saturated carbocycles. The van der Waals surface area contributed by atoms with Gasteiger partial charge in [0.25, 0.3) is 0 Å². The Morgan fingerprint density at radius 1 is 0.800 bits per heavy atom. The van der Waals surface area contributed by atoms with Gasteiger partial charge in [-0.3, -0.25) is 19.2 Å². The minimum Gasteiger partial charge on any atom is -0.484 e. The van der Waals surface area contributed by atoms with Gasteiger partial charge in [-0.25, -0.2) is 0 Å². The van der Waals surface area contributed by atoms with E-state index in [-0.39, 0.29) is 60.2 Å². The first kappa shape index (κ1) is 27.3. The molecule has 2 aromatic rings. The van der Waals surface area contributed by atoms with E-state index in [9.17, 15) is 19.2 Å². The second-order valence-corrected chi connectivity index (χ2v) is 9.72. The van der Waals surface area contributed by atoms with Crippen LogP contribution in [-0.4, -0.2) is 39.7 Å². The average Bonchev–Trinajstić information content (AvgIpc) is 2.79. The van der Waals surface area contributed by atoms with Crippen molar-refractivity contribution in [2.75, 3.05) is 16.0 Å². The normalized spacial score (nSPS) is 14.5. The van der Waals surface area contributed by atoms with E-state index in [4.69, 9.17) is 18.9 Å². The van der Waals surface area contributed by atoms with E-state index in [1.165, 1.54) is 12.1 Å². The average molecular weight is 677 g/mol. The van der Waals surface area contributed by atoms with Gasteiger partial charge < -0.3 is 18.9 Å². The van der Waals surface area contributed by atoms with Crippen molar-refractivity contribution >= 4 is 71.5 Å². The number of hydrogen-bond acceptors (Lipinski definition) is 8. The number of rotatable bonds is 10. The van der Waals surface area contributed by atoms with E-state index in [2.05, 4.69) is 47.8 Å². The number of Topliss-reactive ketones (excluding diaryl/α,β-unsaturated/α-hetero) is 1. The number of carbonyl (C=O) groups excluding carboxylic acids is 4. The van der Waals surface area contributed by atoms with Gasteiger partial charge in [0.05, 0.1) is 25.7 Å². The van der Waals surface area contributed by atoms with Crippen LogP contribution in [0.1, 0.15) is 47.7 Å². The van der Waals surface area contributed by atoms with Crippen LogP contribution in [0.2, 0.25) is 0 Å². The third-order valence-electron chi connectivity index (χ3n) is 4.79. The lowest BCUT2D eigenvalue weighted by molar-refractivity contribution is -0.135. The summed E-state index contributed by atoms with van der Waals surface area (Å²) in [5.41, 5.74) is 0.800. The molecule has 0 aromatic heterocycles. The van der Waals surface area contributed by atoms with Gasteiger partial charge >= 0.3 is 17.9 Å². The van der Waals surface area contributed by atoms with Crippen molar-refractivity contribution in [3.63, 3.8) is 0 Å². The number of ketones is 1. The van der Waals surface area contributed by atoms with E-state index in [0.29, 0.717) is 27.3 Å². The van der Waals surface area contributed by atoms with E-state index in [1.54, 1.807) is 24.3 Å². The molecule has 2 aromatic carbocycles. The van der Waals surface area contributed by atoms with Gasteiger partial charge in [0.15, 0.2) is 5.78 Å². The molecule has 1 unspecified atom stereocenters. The predicted octanol–water partition coefficient (Wildman–Crippen LogP) is 5.46. The second kappa shape index (κ2) is 13.2. The largest absolute Gasteiger partial charge is 0.484 e. The number of carbonyl (C=O) groups is 4. The molecule has 0 bridgehead atoms. The maximum Gasteiger partial charge on any atom is 0.312 e. The molecule has 8 nitrogen and oxygen atoms in total. The smallest absolute Gasteiger partial charge is 0.312 e. The Morgan fingerprint density at radius 2 is 1.34 bits per heavy atom. The van der Waals surface area contributed by atoms with Gasteiger partial charge in [-0.15, -0.1) is 0 Å². The summed E-state index contributed by atoms with van der Waals surface area (Å²) >= 11 is 9.55. The molecule has 11 heteroatoms. The van der Waals surface area contributed by atoms with Crippen LogP contribution in [0.3, 0.4) is 0 Å². The highest BCUT2D eigenvalue weighted by molar-refractivity contribution is 9.09. The zero-order valence-electron chi connectivity index (χ0n) is 18.4. The van der Waals surface area contributed by atoms with Crippen LogP contribution in [0.5, 0.6) is 23.0 Å². The molecule has 35 heavy (non-hydrogen) atoms. The number of alkyl halides is 3. The number of benzene rings is 2. The molecule has 1 heterocycles. The first-order valence-corrected chi connectivity index (χ1v) is 14.0. The minimum absolute atomic E-state index is 0.00143. The Morgan fingerprint density at radius 3 is 1.91 bits per heavy atom. The maximum absolute atomic E-state index is 13.1. The molecule has 1 atom stereocenters. The van der Waals surface area contributed by atoms with Gasteiger partial charge in [-0.2, -0.15) is 0 Å². The first-order chi connectivity index (χ1) is 16.8. The summed E-state index contributed by atoms with van der Waals surface area (Å²) in [5.74, 6) is -1.10. The van der Waals surface area contributed by atoms with E-state index in [0.717, 1.165) is 0 Å². The molecular formula is C24H21Br3O8. The summed E-state index contributed by atoms with van der Waals surface area (Å²) in [5, 5.41) is 1.31. The lowest BCUT2D eigenvalue weighted by Gasteiger charge is -2.27. The highest BCUT2D eigenvalue weighted by Gasteiger charge is 2.32. The summed E-state index contributed by atoms with van der Waals surface area (Å²) in [6, 6.07) is 9.43.